The second-order valence-corrected chi connectivity index (χ2v) is 10.2. The van der Waals surface area contributed by atoms with E-state index in [1.165, 1.54) is 11.8 Å². The third-order valence-corrected chi connectivity index (χ3v) is 7.38. The van der Waals surface area contributed by atoms with Gasteiger partial charge in [-0.3, -0.25) is 19.4 Å². The van der Waals surface area contributed by atoms with E-state index in [1.54, 1.807) is 41.3 Å². The smallest absolute Gasteiger partial charge is 0.288 e. The summed E-state index contributed by atoms with van der Waals surface area (Å²) in [6, 6.07) is 15.6. The van der Waals surface area contributed by atoms with Crippen LogP contribution in [0.25, 0.3) is 0 Å². The van der Waals surface area contributed by atoms with Gasteiger partial charge in [-0.1, -0.05) is 41.7 Å². The molecule has 2 aliphatic rings. The number of anilines is 1. The monoisotopic (exact) mass is 520 g/mol. The minimum atomic E-state index is -2.49. The van der Waals surface area contributed by atoms with E-state index < -0.39 is 11.0 Å². The Morgan fingerprint density at radius 3 is 2.51 bits per heavy atom. The van der Waals surface area contributed by atoms with Crippen LogP contribution < -0.4 is 5.32 Å². The van der Waals surface area contributed by atoms with Crippen LogP contribution in [0, 0.1) is 0 Å². The number of rotatable bonds is 9. The first-order chi connectivity index (χ1) is 17.0. The first-order valence-corrected chi connectivity index (χ1v) is 13.0. The van der Waals surface area contributed by atoms with E-state index in [2.05, 4.69) is 15.2 Å². The molecule has 11 heteroatoms. The molecule has 2 heterocycles. The van der Waals surface area contributed by atoms with Crippen LogP contribution in [0.2, 0.25) is 0 Å². The van der Waals surface area contributed by atoms with Gasteiger partial charge in [0, 0.05) is 43.2 Å². The first-order valence-electron chi connectivity index (χ1n) is 11.2. The third kappa shape index (κ3) is 7.50. The molecule has 35 heavy (non-hydrogen) atoms. The molecule has 0 unspecified atom stereocenters. The number of amidine groups is 1. The van der Waals surface area contributed by atoms with Gasteiger partial charge in [0.15, 0.2) is 5.17 Å². The Morgan fingerprint density at radius 2 is 1.83 bits per heavy atom. The van der Waals surface area contributed by atoms with Crippen LogP contribution in [0.4, 0.5) is 20.2 Å². The van der Waals surface area contributed by atoms with E-state index in [4.69, 9.17) is 4.74 Å². The molecule has 0 saturated carbocycles. The zero-order valence-corrected chi connectivity index (χ0v) is 20.6. The summed E-state index contributed by atoms with van der Waals surface area (Å²) in [5.41, 5.74) is 1.23. The predicted molar refractivity (Wildman–Crippen MR) is 135 cm³/mol. The van der Waals surface area contributed by atoms with Crippen LogP contribution in [0.1, 0.15) is 6.42 Å². The highest BCUT2D eigenvalue weighted by molar-refractivity contribution is 8.15. The summed E-state index contributed by atoms with van der Waals surface area (Å²) in [5.74, 6) is -2.89. The first kappa shape index (κ1) is 25.6. The highest BCUT2D eigenvalue weighted by Gasteiger charge is 2.39. The van der Waals surface area contributed by atoms with Crippen molar-refractivity contribution in [2.45, 2.75) is 22.3 Å². The molecule has 7 nitrogen and oxygen atoms in total. The molecule has 2 aromatic rings. The van der Waals surface area contributed by atoms with Crippen LogP contribution in [0.3, 0.4) is 0 Å². The fraction of sp³-hybridized carbons (Fsp3) is 0.375. The van der Waals surface area contributed by atoms with Gasteiger partial charge in [0.05, 0.1) is 18.9 Å². The third-order valence-electron chi connectivity index (χ3n) is 5.48. The van der Waals surface area contributed by atoms with E-state index in [1.807, 2.05) is 18.2 Å². The molecule has 186 valence electrons. The molecule has 0 radical (unpaired) electrons. The number of morpholine rings is 1. The van der Waals surface area contributed by atoms with Crippen LogP contribution in [-0.4, -0.2) is 77.2 Å². The Morgan fingerprint density at radius 1 is 1.11 bits per heavy atom. The minimum absolute atomic E-state index is 0.0232. The van der Waals surface area contributed by atoms with Gasteiger partial charge in [0.1, 0.15) is 5.25 Å². The predicted octanol–water partition coefficient (Wildman–Crippen LogP) is 4.29. The molecule has 0 bridgehead atoms. The number of nitrogens with zero attached hydrogens (tertiary/aromatic N) is 3. The minimum Gasteiger partial charge on any atom is -0.379 e. The largest absolute Gasteiger partial charge is 0.379 e. The molecule has 2 amide bonds. The number of carbonyl (C=O) groups excluding carboxylic acids is 2. The molecule has 4 rings (SSSR count). The average molecular weight is 521 g/mol. The highest BCUT2D eigenvalue weighted by atomic mass is 32.2. The fourth-order valence-corrected chi connectivity index (χ4v) is 5.39. The van der Waals surface area contributed by atoms with Crippen LogP contribution in [0.15, 0.2) is 64.5 Å². The molecule has 0 aliphatic carbocycles. The van der Waals surface area contributed by atoms with Crippen LogP contribution in [-0.2, 0) is 14.3 Å². The SMILES string of the molecule is O=C(C[C@@H]1SC(=Nc2ccc(SC(F)F)cc2)N(CCN2CCOCC2)C1=O)Nc1ccccc1. The number of para-hydroxylation sites is 1. The van der Waals surface area contributed by atoms with Crippen molar-refractivity contribution in [1.29, 1.82) is 0 Å². The van der Waals surface area contributed by atoms with Gasteiger partial charge in [-0.25, -0.2) is 4.99 Å². The molecule has 2 aromatic carbocycles. The number of amides is 2. The lowest BCUT2D eigenvalue weighted by molar-refractivity contribution is -0.128. The summed E-state index contributed by atoms with van der Waals surface area (Å²) in [4.78, 5) is 34.8. The van der Waals surface area contributed by atoms with Crippen molar-refractivity contribution < 1.29 is 23.1 Å². The molecule has 1 N–H and O–H groups in total. The zero-order chi connectivity index (χ0) is 24.6. The second-order valence-electron chi connectivity index (χ2n) is 7.94. The van der Waals surface area contributed by atoms with Crippen molar-refractivity contribution in [2.75, 3.05) is 44.7 Å². The number of halogens is 2. The van der Waals surface area contributed by atoms with E-state index in [-0.39, 0.29) is 18.2 Å². The summed E-state index contributed by atoms with van der Waals surface area (Å²) in [6.45, 7) is 4.04. The van der Waals surface area contributed by atoms with Crippen molar-refractivity contribution in [3.8, 4) is 0 Å². The molecule has 0 aromatic heterocycles. The topological polar surface area (TPSA) is 74.2 Å². The molecule has 1 atom stereocenters. The van der Waals surface area contributed by atoms with Gasteiger partial charge in [-0.05, 0) is 36.4 Å². The number of alkyl halides is 2. The van der Waals surface area contributed by atoms with Crippen LogP contribution in [0.5, 0.6) is 0 Å². The number of thioether (sulfide) groups is 2. The van der Waals surface area contributed by atoms with E-state index in [0.717, 1.165) is 13.1 Å². The van der Waals surface area contributed by atoms with Gasteiger partial charge < -0.3 is 10.1 Å². The van der Waals surface area contributed by atoms with Gasteiger partial charge in [0.2, 0.25) is 11.8 Å². The number of hydrogen-bond donors (Lipinski definition) is 1. The maximum atomic E-state index is 13.3. The Kier molecular flexibility index (Phi) is 9.13. The summed E-state index contributed by atoms with van der Waals surface area (Å²) < 4.78 is 30.6. The van der Waals surface area contributed by atoms with Gasteiger partial charge >= 0.3 is 0 Å². The summed E-state index contributed by atoms with van der Waals surface area (Å²) in [7, 11) is 0. The molecule has 2 aliphatic heterocycles. The van der Waals surface area contributed by atoms with E-state index in [0.29, 0.717) is 59.5 Å². The average Bonchev–Trinajstić information content (AvgIpc) is 3.13. The molecule has 0 spiro atoms. The van der Waals surface area contributed by atoms with Crippen molar-refractivity contribution in [3.63, 3.8) is 0 Å². The number of carbonyl (C=O) groups is 2. The lowest BCUT2D eigenvalue weighted by Crippen LogP contribution is -2.43. The van der Waals surface area contributed by atoms with Crippen molar-refractivity contribution in [1.82, 2.24) is 9.80 Å². The quantitative estimate of drug-likeness (QED) is 0.497. The summed E-state index contributed by atoms with van der Waals surface area (Å²) in [6.07, 6.45) is 0.0232. The van der Waals surface area contributed by atoms with E-state index in [9.17, 15) is 18.4 Å². The number of nitrogens with one attached hydrogen (secondary N) is 1. The maximum absolute atomic E-state index is 13.3. The highest BCUT2D eigenvalue weighted by Crippen LogP contribution is 2.33. The molecule has 2 saturated heterocycles. The zero-order valence-electron chi connectivity index (χ0n) is 18.9. The van der Waals surface area contributed by atoms with Crippen molar-refractivity contribution >= 4 is 51.9 Å². The van der Waals surface area contributed by atoms with Gasteiger partial charge in [-0.15, -0.1) is 0 Å². The number of ether oxygens (including phenoxy) is 1. The second kappa shape index (κ2) is 12.5. The number of hydrogen-bond acceptors (Lipinski definition) is 7. The molecule has 2 fully saturated rings. The molecular formula is C24H26F2N4O3S2. The Bertz CT molecular complexity index is 1030. The fourth-order valence-electron chi connectivity index (χ4n) is 3.71. The normalized spacial score (nSPS) is 20.1. The number of aliphatic imine (C=N–C) groups is 1. The van der Waals surface area contributed by atoms with Gasteiger partial charge in [-0.2, -0.15) is 8.78 Å². The Labute approximate surface area is 211 Å². The summed E-state index contributed by atoms with van der Waals surface area (Å²) in [5, 5.41) is 2.75. The lowest BCUT2D eigenvalue weighted by Gasteiger charge is -2.28. The molecular weight excluding hydrogens is 494 g/mol. The van der Waals surface area contributed by atoms with Gasteiger partial charge in [0.25, 0.3) is 5.76 Å². The standard InChI is InChI=1S/C24H26F2N4O3S2/c25-23(26)34-19-8-6-18(7-9-19)28-24-30(11-10-29-12-14-33-15-13-29)22(32)20(35-24)16-21(31)27-17-4-2-1-3-5-17/h1-9,20,23H,10-16H2,(H,27,31)/t20-/m0/s1. The van der Waals surface area contributed by atoms with E-state index >= 15 is 0 Å². The Balaban J connectivity index is 1.46. The van der Waals surface area contributed by atoms with Crippen LogP contribution >= 0.6 is 23.5 Å². The van der Waals surface area contributed by atoms with Crippen molar-refractivity contribution in [3.05, 3.63) is 54.6 Å². The maximum Gasteiger partial charge on any atom is 0.288 e. The number of benzene rings is 2. The Hall–Kier alpha value is -2.47. The summed E-state index contributed by atoms with van der Waals surface area (Å²) >= 11 is 1.73. The van der Waals surface area contributed by atoms with Crippen molar-refractivity contribution in [2.24, 2.45) is 4.99 Å². The lowest BCUT2D eigenvalue weighted by atomic mass is 10.2.